The fourth-order valence-corrected chi connectivity index (χ4v) is 2.07. The lowest BCUT2D eigenvalue weighted by molar-refractivity contribution is 0.477. The largest absolute Gasteiger partial charge is 0.457 e. The van der Waals surface area contributed by atoms with Crippen molar-refractivity contribution in [3.8, 4) is 11.5 Å². The van der Waals surface area contributed by atoms with E-state index >= 15 is 0 Å². The molecule has 0 bridgehead atoms. The Morgan fingerprint density at radius 1 is 1.11 bits per heavy atom. The van der Waals surface area contributed by atoms with E-state index < -0.39 is 0 Å². The van der Waals surface area contributed by atoms with Gasteiger partial charge in [0.1, 0.15) is 11.5 Å². The lowest BCUT2D eigenvalue weighted by atomic mass is 10.1. The van der Waals surface area contributed by atoms with Gasteiger partial charge in [0.25, 0.3) is 0 Å². The zero-order chi connectivity index (χ0) is 13.8. The van der Waals surface area contributed by atoms with Crippen LogP contribution >= 0.6 is 0 Å². The highest BCUT2D eigenvalue weighted by atomic mass is 16.5. The Morgan fingerprint density at radius 3 is 2.58 bits per heavy atom. The van der Waals surface area contributed by atoms with Gasteiger partial charge in [0.15, 0.2) is 0 Å². The first-order valence-electron chi connectivity index (χ1n) is 6.65. The molecule has 0 spiro atoms. The lowest BCUT2D eigenvalue weighted by Crippen LogP contribution is -2.17. The molecule has 0 aliphatic rings. The van der Waals surface area contributed by atoms with Gasteiger partial charge in [0.05, 0.1) is 0 Å². The Kier molecular flexibility index (Phi) is 4.23. The molecule has 2 nitrogen and oxygen atoms in total. The molecule has 0 fully saturated rings. The van der Waals surface area contributed by atoms with E-state index in [2.05, 4.69) is 32.0 Å². The molecule has 0 aliphatic heterocycles. The molecule has 0 radical (unpaired) electrons. The van der Waals surface area contributed by atoms with Crippen molar-refractivity contribution in [2.75, 3.05) is 0 Å². The zero-order valence-corrected chi connectivity index (χ0v) is 11.8. The van der Waals surface area contributed by atoms with Gasteiger partial charge in [-0.2, -0.15) is 0 Å². The van der Waals surface area contributed by atoms with E-state index in [0.717, 1.165) is 17.9 Å². The highest BCUT2D eigenvalue weighted by molar-refractivity contribution is 5.42. The molecule has 0 aliphatic carbocycles. The molecule has 2 aromatic carbocycles. The number of benzene rings is 2. The van der Waals surface area contributed by atoms with E-state index in [1.165, 1.54) is 16.7 Å². The van der Waals surface area contributed by atoms with E-state index in [1.54, 1.807) is 0 Å². The molecular formula is C17H21NO. The zero-order valence-electron chi connectivity index (χ0n) is 11.8. The fraction of sp³-hybridized carbons (Fsp3) is 0.294. The molecule has 2 rings (SSSR count). The number of nitrogens with two attached hydrogens (primary N) is 1. The second kappa shape index (κ2) is 5.89. The third kappa shape index (κ3) is 3.58. The molecule has 2 N–H and O–H groups in total. The van der Waals surface area contributed by atoms with Crippen LogP contribution in [-0.2, 0) is 6.42 Å². The molecule has 1 unspecified atom stereocenters. The lowest BCUT2D eigenvalue weighted by Gasteiger charge is -2.12. The predicted octanol–water partition coefficient (Wildman–Crippen LogP) is 3.99. The van der Waals surface area contributed by atoms with Gasteiger partial charge in [-0.15, -0.1) is 0 Å². The first-order valence-corrected chi connectivity index (χ1v) is 6.65. The van der Waals surface area contributed by atoms with Crippen molar-refractivity contribution in [2.24, 2.45) is 5.73 Å². The molecule has 0 heterocycles. The summed E-state index contributed by atoms with van der Waals surface area (Å²) in [6.45, 7) is 6.18. The first-order chi connectivity index (χ1) is 9.06. The summed E-state index contributed by atoms with van der Waals surface area (Å²) in [6.07, 6.45) is 0.865. The van der Waals surface area contributed by atoms with Crippen molar-refractivity contribution in [2.45, 2.75) is 33.2 Å². The Morgan fingerprint density at radius 2 is 1.84 bits per heavy atom. The summed E-state index contributed by atoms with van der Waals surface area (Å²) in [5.74, 6) is 1.78. The maximum absolute atomic E-state index is 5.97. The van der Waals surface area contributed by atoms with Crippen LogP contribution in [0.4, 0.5) is 0 Å². The van der Waals surface area contributed by atoms with Gasteiger partial charge in [-0.05, 0) is 62.1 Å². The van der Waals surface area contributed by atoms with Gasteiger partial charge in [0, 0.05) is 6.04 Å². The molecule has 0 saturated heterocycles. The van der Waals surface area contributed by atoms with Crippen LogP contribution in [-0.4, -0.2) is 6.04 Å². The minimum absolute atomic E-state index is 0.163. The third-order valence-electron chi connectivity index (χ3n) is 3.24. The summed E-state index contributed by atoms with van der Waals surface area (Å²) in [5.41, 5.74) is 9.46. The van der Waals surface area contributed by atoms with Gasteiger partial charge < -0.3 is 10.5 Å². The van der Waals surface area contributed by atoms with Crippen LogP contribution in [0, 0.1) is 13.8 Å². The molecule has 0 amide bonds. The van der Waals surface area contributed by atoms with Gasteiger partial charge in [-0.25, -0.2) is 0 Å². The van der Waals surface area contributed by atoms with Crippen molar-refractivity contribution < 1.29 is 4.74 Å². The number of aryl methyl sites for hydroxylation is 1. The third-order valence-corrected chi connectivity index (χ3v) is 3.24. The van der Waals surface area contributed by atoms with Gasteiger partial charge in [-0.1, -0.05) is 24.3 Å². The fourth-order valence-electron chi connectivity index (χ4n) is 2.07. The van der Waals surface area contributed by atoms with Crippen molar-refractivity contribution in [3.63, 3.8) is 0 Å². The number of ether oxygens (including phenoxy) is 1. The highest BCUT2D eigenvalue weighted by Gasteiger charge is 2.05. The SMILES string of the molecule is Cc1cccc(Oc2cccc(CC(C)N)c2)c1C. The van der Waals surface area contributed by atoms with Crippen molar-refractivity contribution in [3.05, 3.63) is 59.2 Å². The van der Waals surface area contributed by atoms with E-state index in [4.69, 9.17) is 10.5 Å². The predicted molar refractivity (Wildman–Crippen MR) is 79.8 cm³/mol. The van der Waals surface area contributed by atoms with Crippen LogP contribution in [0.2, 0.25) is 0 Å². The molecule has 0 saturated carbocycles. The Bertz CT molecular complexity index is 561. The molecule has 100 valence electrons. The number of hydrogen-bond donors (Lipinski definition) is 1. The standard InChI is InChI=1S/C17H21NO/c1-12-6-4-9-17(14(12)3)19-16-8-5-7-15(11-16)10-13(2)18/h4-9,11,13H,10,18H2,1-3H3. The monoisotopic (exact) mass is 255 g/mol. The van der Waals surface area contributed by atoms with Crippen LogP contribution in [0.5, 0.6) is 11.5 Å². The molecule has 0 aromatic heterocycles. The summed E-state index contributed by atoms with van der Waals surface area (Å²) in [6, 6.07) is 14.4. The van der Waals surface area contributed by atoms with Crippen molar-refractivity contribution in [1.29, 1.82) is 0 Å². The summed E-state index contributed by atoms with van der Waals surface area (Å²) in [4.78, 5) is 0. The van der Waals surface area contributed by atoms with Crippen LogP contribution in [0.25, 0.3) is 0 Å². The second-order valence-corrected chi connectivity index (χ2v) is 5.13. The van der Waals surface area contributed by atoms with Crippen LogP contribution in [0.15, 0.2) is 42.5 Å². The highest BCUT2D eigenvalue weighted by Crippen LogP contribution is 2.27. The quantitative estimate of drug-likeness (QED) is 0.896. The molecule has 19 heavy (non-hydrogen) atoms. The maximum atomic E-state index is 5.97. The van der Waals surface area contributed by atoms with Gasteiger partial charge in [-0.3, -0.25) is 0 Å². The van der Waals surface area contributed by atoms with E-state index in [-0.39, 0.29) is 6.04 Å². The maximum Gasteiger partial charge on any atom is 0.130 e. The molecule has 2 aromatic rings. The van der Waals surface area contributed by atoms with Crippen LogP contribution in [0.1, 0.15) is 23.6 Å². The Balaban J connectivity index is 2.21. The average Bonchev–Trinajstić information content (AvgIpc) is 2.35. The van der Waals surface area contributed by atoms with E-state index in [9.17, 15) is 0 Å². The molecular weight excluding hydrogens is 234 g/mol. The second-order valence-electron chi connectivity index (χ2n) is 5.13. The summed E-state index contributed by atoms with van der Waals surface area (Å²) < 4.78 is 5.97. The summed E-state index contributed by atoms with van der Waals surface area (Å²) in [5, 5.41) is 0. The van der Waals surface area contributed by atoms with Crippen LogP contribution < -0.4 is 10.5 Å². The van der Waals surface area contributed by atoms with Crippen LogP contribution in [0.3, 0.4) is 0 Å². The number of hydrogen-bond acceptors (Lipinski definition) is 2. The minimum atomic E-state index is 0.163. The Labute approximate surface area is 115 Å². The normalized spacial score (nSPS) is 12.2. The topological polar surface area (TPSA) is 35.2 Å². The first kappa shape index (κ1) is 13.6. The minimum Gasteiger partial charge on any atom is -0.457 e. The molecule has 2 heteroatoms. The van der Waals surface area contributed by atoms with Crippen molar-refractivity contribution in [1.82, 2.24) is 0 Å². The molecule has 1 atom stereocenters. The average molecular weight is 255 g/mol. The van der Waals surface area contributed by atoms with Crippen molar-refractivity contribution >= 4 is 0 Å². The van der Waals surface area contributed by atoms with E-state index in [1.807, 2.05) is 31.2 Å². The van der Waals surface area contributed by atoms with Gasteiger partial charge >= 0.3 is 0 Å². The smallest absolute Gasteiger partial charge is 0.130 e. The summed E-state index contributed by atoms with van der Waals surface area (Å²) >= 11 is 0. The Hall–Kier alpha value is -1.80. The van der Waals surface area contributed by atoms with E-state index in [0.29, 0.717) is 0 Å². The number of rotatable bonds is 4. The summed E-state index contributed by atoms with van der Waals surface area (Å²) in [7, 11) is 0. The van der Waals surface area contributed by atoms with Gasteiger partial charge in [0.2, 0.25) is 0 Å².